The molecule has 0 radical (unpaired) electrons. The number of hydrogen-bond acceptors (Lipinski definition) is 3. The third-order valence-corrected chi connectivity index (χ3v) is 2.31. The molecule has 0 aromatic carbocycles. The first kappa shape index (κ1) is 10.4. The summed E-state index contributed by atoms with van der Waals surface area (Å²) in [4.78, 5) is 12.9. The highest BCUT2D eigenvalue weighted by atomic mass is 16.2. The van der Waals surface area contributed by atoms with Gasteiger partial charge in [-0.1, -0.05) is 12.6 Å². The number of carbonyl (C=O) groups excluding carboxylic acids is 1. The van der Waals surface area contributed by atoms with E-state index < -0.39 is 0 Å². The first-order chi connectivity index (χ1) is 7.72. The zero-order valence-corrected chi connectivity index (χ0v) is 9.00. The van der Waals surface area contributed by atoms with E-state index in [1.165, 1.54) is 11.0 Å². The van der Waals surface area contributed by atoms with Crippen LogP contribution in [0.4, 0.5) is 0 Å². The van der Waals surface area contributed by atoms with Crippen LogP contribution in [0.1, 0.15) is 5.82 Å². The molecule has 0 spiro atoms. The molecule has 0 aliphatic rings. The van der Waals surface area contributed by atoms with Crippen LogP contribution >= 0.6 is 0 Å². The molecule has 5 heteroatoms. The summed E-state index contributed by atoms with van der Waals surface area (Å²) in [5.74, 6) is 0.598. The number of rotatable bonds is 3. The van der Waals surface area contributed by atoms with E-state index in [1.807, 2.05) is 28.8 Å². The molecule has 0 saturated carbocycles. The fraction of sp³-hybridized carbons (Fsp3) is 0.182. The second-order valence-electron chi connectivity index (χ2n) is 3.44. The maximum Gasteiger partial charge on any atom is 0.246 e. The van der Waals surface area contributed by atoms with E-state index in [0.717, 1.165) is 11.5 Å². The van der Waals surface area contributed by atoms with Crippen LogP contribution in [0.3, 0.4) is 0 Å². The van der Waals surface area contributed by atoms with E-state index >= 15 is 0 Å². The summed E-state index contributed by atoms with van der Waals surface area (Å²) in [6, 6.07) is 5.66. The first-order valence-electron chi connectivity index (χ1n) is 4.88. The van der Waals surface area contributed by atoms with Crippen LogP contribution in [0, 0.1) is 0 Å². The highest BCUT2D eigenvalue weighted by Gasteiger charge is 2.10. The zero-order valence-electron chi connectivity index (χ0n) is 9.00. The van der Waals surface area contributed by atoms with Crippen LogP contribution in [-0.2, 0) is 11.3 Å². The molecule has 16 heavy (non-hydrogen) atoms. The number of nitrogens with zero attached hydrogens (tertiary/aromatic N) is 4. The Bertz CT molecular complexity index is 532. The Hall–Kier alpha value is -2.17. The Balaban J connectivity index is 2.28. The lowest BCUT2D eigenvalue weighted by molar-refractivity contribution is -0.125. The summed E-state index contributed by atoms with van der Waals surface area (Å²) in [5.41, 5.74) is 0.775. The van der Waals surface area contributed by atoms with Gasteiger partial charge in [0, 0.05) is 13.2 Å². The van der Waals surface area contributed by atoms with Crippen LogP contribution in [0.5, 0.6) is 0 Å². The van der Waals surface area contributed by atoms with Crippen LogP contribution in [0.15, 0.2) is 37.1 Å². The summed E-state index contributed by atoms with van der Waals surface area (Å²) >= 11 is 0. The van der Waals surface area contributed by atoms with Crippen molar-refractivity contribution in [3.63, 3.8) is 0 Å². The number of likely N-dealkylation sites (N-methyl/N-ethyl adjacent to an activating group) is 1. The van der Waals surface area contributed by atoms with Gasteiger partial charge < -0.3 is 4.90 Å². The van der Waals surface area contributed by atoms with Crippen molar-refractivity contribution in [2.45, 2.75) is 6.54 Å². The number of pyridine rings is 1. The molecule has 0 bridgehead atoms. The van der Waals surface area contributed by atoms with Crippen molar-refractivity contribution >= 4 is 11.6 Å². The van der Waals surface area contributed by atoms with E-state index in [2.05, 4.69) is 16.8 Å². The molecule has 0 N–H and O–H groups in total. The minimum Gasteiger partial charge on any atom is -0.335 e. The van der Waals surface area contributed by atoms with Crippen molar-refractivity contribution in [3.8, 4) is 0 Å². The van der Waals surface area contributed by atoms with Gasteiger partial charge in [0.2, 0.25) is 5.91 Å². The monoisotopic (exact) mass is 216 g/mol. The van der Waals surface area contributed by atoms with Gasteiger partial charge in [0.05, 0.1) is 6.54 Å². The van der Waals surface area contributed by atoms with Gasteiger partial charge in [-0.2, -0.15) is 0 Å². The maximum absolute atomic E-state index is 11.3. The van der Waals surface area contributed by atoms with E-state index in [-0.39, 0.29) is 5.91 Å². The van der Waals surface area contributed by atoms with Gasteiger partial charge in [-0.15, -0.1) is 10.2 Å². The number of aromatic nitrogens is 3. The second kappa shape index (κ2) is 4.14. The third-order valence-electron chi connectivity index (χ3n) is 2.31. The molecule has 2 aromatic rings. The minimum atomic E-state index is -0.132. The summed E-state index contributed by atoms with van der Waals surface area (Å²) in [6.07, 6.45) is 3.15. The Morgan fingerprint density at radius 2 is 2.38 bits per heavy atom. The van der Waals surface area contributed by atoms with Crippen molar-refractivity contribution in [2.24, 2.45) is 0 Å². The van der Waals surface area contributed by atoms with Gasteiger partial charge in [-0.05, 0) is 18.2 Å². The molecular weight excluding hydrogens is 204 g/mol. The highest BCUT2D eigenvalue weighted by molar-refractivity contribution is 5.86. The summed E-state index contributed by atoms with van der Waals surface area (Å²) in [5, 5.41) is 8.04. The lowest BCUT2D eigenvalue weighted by Crippen LogP contribution is -2.25. The van der Waals surface area contributed by atoms with Gasteiger partial charge in [0.25, 0.3) is 0 Å². The minimum absolute atomic E-state index is 0.132. The molecule has 2 rings (SSSR count). The van der Waals surface area contributed by atoms with Gasteiger partial charge in [0.15, 0.2) is 11.5 Å². The van der Waals surface area contributed by atoms with Gasteiger partial charge >= 0.3 is 0 Å². The quantitative estimate of drug-likeness (QED) is 0.715. The lowest BCUT2D eigenvalue weighted by atomic mass is 10.4. The Morgan fingerprint density at radius 3 is 3.12 bits per heavy atom. The maximum atomic E-state index is 11.3. The van der Waals surface area contributed by atoms with E-state index in [0.29, 0.717) is 6.54 Å². The van der Waals surface area contributed by atoms with Gasteiger partial charge in [-0.3, -0.25) is 9.20 Å². The van der Waals surface area contributed by atoms with Crippen molar-refractivity contribution in [1.29, 1.82) is 0 Å². The first-order valence-corrected chi connectivity index (χ1v) is 4.88. The molecular formula is C11H12N4O. The SMILES string of the molecule is C=CC(=O)N(C)Cc1nnc2ccccn12. The number of hydrogen-bond donors (Lipinski definition) is 0. The largest absolute Gasteiger partial charge is 0.335 e. The number of amides is 1. The average Bonchev–Trinajstić information content (AvgIpc) is 2.72. The highest BCUT2D eigenvalue weighted by Crippen LogP contribution is 2.05. The van der Waals surface area contributed by atoms with Gasteiger partial charge in [0.1, 0.15) is 0 Å². The molecule has 0 atom stereocenters. The molecule has 2 aromatic heterocycles. The molecule has 0 fully saturated rings. The standard InChI is InChI=1S/C11H12N4O/c1-3-11(16)14(2)8-10-13-12-9-6-4-5-7-15(9)10/h3-7H,1,8H2,2H3. The predicted molar refractivity (Wildman–Crippen MR) is 59.7 cm³/mol. The molecule has 1 amide bonds. The average molecular weight is 216 g/mol. The van der Waals surface area contributed by atoms with E-state index in [4.69, 9.17) is 0 Å². The molecule has 0 saturated heterocycles. The zero-order chi connectivity index (χ0) is 11.5. The summed E-state index contributed by atoms with van der Waals surface area (Å²) in [6.45, 7) is 3.85. The van der Waals surface area contributed by atoms with Crippen LogP contribution in [-0.4, -0.2) is 32.5 Å². The van der Waals surface area contributed by atoms with Crippen molar-refractivity contribution in [3.05, 3.63) is 42.9 Å². The predicted octanol–water partition coefficient (Wildman–Crippen LogP) is 0.874. The smallest absolute Gasteiger partial charge is 0.246 e. The molecule has 82 valence electrons. The number of carbonyl (C=O) groups is 1. The van der Waals surface area contributed by atoms with Crippen molar-refractivity contribution in [2.75, 3.05) is 7.05 Å². The van der Waals surface area contributed by atoms with Crippen LogP contribution in [0.25, 0.3) is 5.65 Å². The number of fused-ring (bicyclic) bond motifs is 1. The van der Waals surface area contributed by atoms with Gasteiger partial charge in [-0.25, -0.2) is 0 Å². The van der Waals surface area contributed by atoms with Crippen LogP contribution < -0.4 is 0 Å². The van der Waals surface area contributed by atoms with Crippen molar-refractivity contribution < 1.29 is 4.79 Å². The van der Waals surface area contributed by atoms with Crippen molar-refractivity contribution in [1.82, 2.24) is 19.5 Å². The van der Waals surface area contributed by atoms with E-state index in [9.17, 15) is 4.79 Å². The molecule has 0 unspecified atom stereocenters. The molecule has 0 aliphatic carbocycles. The fourth-order valence-corrected chi connectivity index (χ4v) is 1.44. The van der Waals surface area contributed by atoms with Crippen LogP contribution in [0.2, 0.25) is 0 Å². The molecule has 2 heterocycles. The normalized spacial score (nSPS) is 10.3. The Labute approximate surface area is 93.0 Å². The summed E-state index contributed by atoms with van der Waals surface area (Å²) < 4.78 is 1.85. The lowest BCUT2D eigenvalue weighted by Gasteiger charge is -2.13. The van der Waals surface area contributed by atoms with E-state index in [1.54, 1.807) is 7.05 Å². The Kier molecular flexibility index (Phi) is 2.68. The molecule has 5 nitrogen and oxygen atoms in total. The topological polar surface area (TPSA) is 50.5 Å². The molecule has 0 aliphatic heterocycles. The second-order valence-corrected chi connectivity index (χ2v) is 3.44. The Morgan fingerprint density at radius 1 is 1.56 bits per heavy atom. The third kappa shape index (κ3) is 1.79. The fourth-order valence-electron chi connectivity index (χ4n) is 1.44. The summed E-state index contributed by atoms with van der Waals surface area (Å²) in [7, 11) is 1.70.